The smallest absolute Gasteiger partial charge is 0.180 e. The third kappa shape index (κ3) is 5.17. The quantitative estimate of drug-likeness (QED) is 0.170. The number of rotatable bonds is 11. The molecule has 3 aromatic heterocycles. The molecule has 0 bridgehead atoms. The Hall–Kier alpha value is -4.59. The van der Waals surface area contributed by atoms with Gasteiger partial charge in [0, 0.05) is 36.5 Å². The predicted octanol–water partition coefficient (Wildman–Crippen LogP) is 7.58. The van der Waals surface area contributed by atoms with Crippen molar-refractivity contribution >= 4 is 11.0 Å². The van der Waals surface area contributed by atoms with Crippen molar-refractivity contribution in [1.29, 1.82) is 0 Å². The number of hydrogen-bond acceptors (Lipinski definition) is 5. The Morgan fingerprint density at radius 3 is 2.51 bits per heavy atom. The Bertz CT molecular complexity index is 1760. The summed E-state index contributed by atoms with van der Waals surface area (Å²) in [5.74, 6) is 2.73. The average molecular weight is 545 g/mol. The van der Waals surface area contributed by atoms with Crippen LogP contribution in [0.4, 0.5) is 0 Å². The molecule has 0 aliphatic carbocycles. The molecule has 0 amide bonds. The van der Waals surface area contributed by atoms with Gasteiger partial charge in [0.15, 0.2) is 5.82 Å². The first kappa shape index (κ1) is 26.6. The van der Waals surface area contributed by atoms with Crippen LogP contribution < -0.4 is 0 Å². The van der Waals surface area contributed by atoms with E-state index in [4.69, 9.17) is 9.97 Å². The topological polar surface area (TPSA) is 90.1 Å². The molecule has 208 valence electrons. The van der Waals surface area contributed by atoms with Crippen LogP contribution in [0.15, 0.2) is 73.1 Å². The monoisotopic (exact) mass is 544 g/mol. The number of aromatic amines is 1. The van der Waals surface area contributed by atoms with Crippen LogP contribution in [0.2, 0.25) is 0 Å². The number of imidazole rings is 2. The van der Waals surface area contributed by atoms with E-state index in [1.165, 1.54) is 24.8 Å². The minimum Gasteiger partial charge on any atom is -0.331 e. The van der Waals surface area contributed by atoms with Gasteiger partial charge in [-0.25, -0.2) is 15.1 Å². The molecule has 3 aromatic carbocycles. The molecule has 3 heterocycles. The van der Waals surface area contributed by atoms with Crippen LogP contribution in [0.3, 0.4) is 0 Å². The van der Waals surface area contributed by atoms with Gasteiger partial charge in [0.1, 0.15) is 11.6 Å². The summed E-state index contributed by atoms with van der Waals surface area (Å²) >= 11 is 0. The number of H-pyrrole nitrogens is 1. The normalized spacial score (nSPS) is 11.5. The van der Waals surface area contributed by atoms with Crippen molar-refractivity contribution in [3.63, 3.8) is 0 Å². The number of fused-ring (bicyclic) bond motifs is 1. The fourth-order valence-electron chi connectivity index (χ4n) is 5.74. The second-order valence-corrected chi connectivity index (χ2v) is 10.6. The minimum absolute atomic E-state index is 0.653. The highest BCUT2D eigenvalue weighted by Gasteiger charge is 2.19. The highest BCUT2D eigenvalue weighted by molar-refractivity contribution is 5.86. The Morgan fingerprint density at radius 2 is 1.71 bits per heavy atom. The first-order chi connectivity index (χ1) is 20.2. The molecule has 0 atom stereocenters. The van der Waals surface area contributed by atoms with Gasteiger partial charge in [-0.2, -0.15) is 0 Å². The lowest BCUT2D eigenvalue weighted by atomic mass is 9.94. The van der Waals surface area contributed by atoms with Crippen LogP contribution in [0.1, 0.15) is 57.3 Å². The van der Waals surface area contributed by atoms with E-state index in [0.717, 1.165) is 76.4 Å². The van der Waals surface area contributed by atoms with Gasteiger partial charge in [-0.3, -0.25) is 4.57 Å². The maximum absolute atomic E-state index is 5.10. The molecular weight excluding hydrogens is 508 g/mol. The van der Waals surface area contributed by atoms with Gasteiger partial charge in [0.05, 0.1) is 16.7 Å². The SMILES string of the molecule is CCCCCCn1ccnc1-c1ccc2nc(CCC)n(-c3cccc(-c4ccccc4-c4nnn[nH]4)c3C)c2c1. The summed E-state index contributed by atoms with van der Waals surface area (Å²) in [6.45, 7) is 7.62. The molecule has 0 saturated heterocycles. The molecule has 0 radical (unpaired) electrons. The number of nitrogens with zero attached hydrogens (tertiary/aromatic N) is 7. The zero-order valence-corrected chi connectivity index (χ0v) is 24.0. The van der Waals surface area contributed by atoms with Gasteiger partial charge >= 0.3 is 0 Å². The second kappa shape index (κ2) is 11.9. The molecule has 0 aliphatic heterocycles. The highest BCUT2D eigenvalue weighted by Crippen LogP contribution is 2.36. The summed E-state index contributed by atoms with van der Waals surface area (Å²) in [6.07, 6.45) is 10.8. The maximum atomic E-state index is 5.10. The lowest BCUT2D eigenvalue weighted by molar-refractivity contribution is 0.586. The Balaban J connectivity index is 1.47. The van der Waals surface area contributed by atoms with Gasteiger partial charge in [0.2, 0.25) is 0 Å². The van der Waals surface area contributed by atoms with E-state index in [9.17, 15) is 0 Å². The van der Waals surface area contributed by atoms with E-state index in [1.807, 2.05) is 12.3 Å². The largest absolute Gasteiger partial charge is 0.331 e. The Morgan fingerprint density at radius 1 is 0.854 bits per heavy atom. The first-order valence-electron chi connectivity index (χ1n) is 14.7. The molecule has 0 saturated carbocycles. The molecule has 6 rings (SSSR count). The van der Waals surface area contributed by atoms with Crippen LogP contribution in [-0.4, -0.2) is 39.7 Å². The van der Waals surface area contributed by atoms with Crippen LogP contribution in [0, 0.1) is 6.92 Å². The standard InChI is InChI=1S/C33H36N8/c1-4-6-7-10-20-40-21-19-34-33(40)24-17-18-28-30(22-24)41(31(35-28)12-5-2)29-16-11-15-25(23(29)3)26-13-8-9-14-27(26)32-36-38-39-37-32/h8-9,11,13-19,21-22H,4-7,10,12,20H2,1-3H3,(H,36,37,38,39). The summed E-state index contributed by atoms with van der Waals surface area (Å²) in [6, 6.07) is 21.3. The molecule has 8 heteroatoms. The summed E-state index contributed by atoms with van der Waals surface area (Å²) in [7, 11) is 0. The number of aromatic nitrogens is 8. The van der Waals surface area contributed by atoms with Crippen molar-refractivity contribution in [2.24, 2.45) is 0 Å². The molecule has 8 nitrogen and oxygen atoms in total. The van der Waals surface area contributed by atoms with Gasteiger partial charge < -0.3 is 4.57 Å². The third-order valence-electron chi connectivity index (χ3n) is 7.79. The molecule has 6 aromatic rings. The number of aryl methyl sites for hydroxylation is 2. The molecule has 41 heavy (non-hydrogen) atoms. The number of unbranched alkanes of at least 4 members (excludes halogenated alkanes) is 3. The van der Waals surface area contributed by atoms with Gasteiger partial charge in [-0.1, -0.05) is 69.5 Å². The van der Waals surface area contributed by atoms with Crippen LogP contribution in [0.5, 0.6) is 0 Å². The van der Waals surface area contributed by atoms with Crippen molar-refractivity contribution in [1.82, 2.24) is 39.7 Å². The average Bonchev–Trinajstić information content (AvgIpc) is 3.76. The third-order valence-corrected chi connectivity index (χ3v) is 7.79. The minimum atomic E-state index is 0.653. The molecule has 0 aliphatic rings. The molecule has 0 unspecified atom stereocenters. The lowest BCUT2D eigenvalue weighted by Crippen LogP contribution is -2.04. The van der Waals surface area contributed by atoms with Gasteiger partial charge in [0.25, 0.3) is 0 Å². The van der Waals surface area contributed by atoms with E-state index in [2.05, 4.69) is 111 Å². The second-order valence-electron chi connectivity index (χ2n) is 10.6. The van der Waals surface area contributed by atoms with E-state index < -0.39 is 0 Å². The molecule has 1 N–H and O–H groups in total. The zero-order chi connectivity index (χ0) is 28.2. The van der Waals surface area contributed by atoms with Crippen molar-refractivity contribution in [3.05, 3.63) is 84.4 Å². The van der Waals surface area contributed by atoms with Gasteiger partial charge in [-0.15, -0.1) is 5.10 Å². The summed E-state index contributed by atoms with van der Waals surface area (Å²) in [5.41, 5.74) is 8.69. The molecule has 0 fully saturated rings. The summed E-state index contributed by atoms with van der Waals surface area (Å²) < 4.78 is 4.62. The van der Waals surface area contributed by atoms with Crippen LogP contribution in [-0.2, 0) is 13.0 Å². The van der Waals surface area contributed by atoms with Crippen LogP contribution in [0.25, 0.3) is 50.6 Å². The van der Waals surface area contributed by atoms with Crippen molar-refractivity contribution in [2.45, 2.75) is 65.8 Å². The first-order valence-corrected chi connectivity index (χ1v) is 14.7. The zero-order valence-electron chi connectivity index (χ0n) is 24.0. The molecule has 0 spiro atoms. The number of benzene rings is 3. The van der Waals surface area contributed by atoms with Crippen LogP contribution >= 0.6 is 0 Å². The lowest BCUT2D eigenvalue weighted by Gasteiger charge is -2.17. The fraction of sp³-hybridized carbons (Fsp3) is 0.303. The number of tetrazole rings is 1. The maximum Gasteiger partial charge on any atom is 0.180 e. The Kier molecular flexibility index (Phi) is 7.71. The number of nitrogens with one attached hydrogen (secondary N) is 1. The summed E-state index contributed by atoms with van der Waals surface area (Å²) in [4.78, 5) is 9.86. The fourth-order valence-corrected chi connectivity index (χ4v) is 5.74. The molecular formula is C33H36N8. The highest BCUT2D eigenvalue weighted by atomic mass is 15.5. The number of hydrogen-bond donors (Lipinski definition) is 1. The van der Waals surface area contributed by atoms with E-state index in [-0.39, 0.29) is 0 Å². The van der Waals surface area contributed by atoms with E-state index >= 15 is 0 Å². The van der Waals surface area contributed by atoms with E-state index in [0.29, 0.717) is 5.82 Å². The summed E-state index contributed by atoms with van der Waals surface area (Å²) in [5, 5.41) is 14.7. The Labute approximate surface area is 240 Å². The predicted molar refractivity (Wildman–Crippen MR) is 164 cm³/mol. The van der Waals surface area contributed by atoms with Crippen molar-refractivity contribution in [3.8, 4) is 39.6 Å². The van der Waals surface area contributed by atoms with Gasteiger partial charge in [-0.05, 0) is 71.1 Å². The van der Waals surface area contributed by atoms with E-state index in [1.54, 1.807) is 0 Å². The van der Waals surface area contributed by atoms with Crippen molar-refractivity contribution < 1.29 is 0 Å². The van der Waals surface area contributed by atoms with Crippen molar-refractivity contribution in [2.75, 3.05) is 0 Å².